The third-order valence-electron chi connectivity index (χ3n) is 5.77. The highest BCUT2D eigenvalue weighted by Crippen LogP contribution is 2.41. The number of nitrogens with one attached hydrogen (secondary N) is 1. The highest BCUT2D eigenvalue weighted by atomic mass is 16.5. The Hall–Kier alpha value is -3.68. The zero-order valence-corrected chi connectivity index (χ0v) is 17.7. The first-order chi connectivity index (χ1) is 14.9. The van der Waals surface area contributed by atoms with Crippen molar-refractivity contribution in [2.75, 3.05) is 7.11 Å². The van der Waals surface area contributed by atoms with E-state index in [0.29, 0.717) is 11.3 Å². The predicted octanol–water partition coefficient (Wildman–Crippen LogP) is 3.37. The molecule has 3 aromatic heterocycles. The van der Waals surface area contributed by atoms with Crippen LogP contribution in [0.4, 0.5) is 0 Å². The van der Waals surface area contributed by atoms with Gasteiger partial charge in [-0.05, 0) is 48.6 Å². The smallest absolute Gasteiger partial charge is 0.272 e. The minimum Gasteiger partial charge on any atom is -0.497 e. The van der Waals surface area contributed by atoms with Crippen molar-refractivity contribution in [1.82, 2.24) is 29.7 Å². The summed E-state index contributed by atoms with van der Waals surface area (Å²) in [5.74, 6) is 0.591. The van der Waals surface area contributed by atoms with E-state index in [9.17, 15) is 4.79 Å². The third-order valence-corrected chi connectivity index (χ3v) is 5.77. The fraction of sp³-hybridized carbons (Fsp3) is 0.304. The fourth-order valence-corrected chi connectivity index (χ4v) is 4.29. The second-order valence-corrected chi connectivity index (χ2v) is 8.68. The van der Waals surface area contributed by atoms with Crippen LogP contribution in [0.2, 0.25) is 0 Å². The molecule has 1 N–H and O–H groups in total. The van der Waals surface area contributed by atoms with E-state index in [0.717, 1.165) is 35.5 Å². The number of hydrogen-bond acceptors (Lipinski definition) is 5. The van der Waals surface area contributed by atoms with Gasteiger partial charge in [-0.25, -0.2) is 14.2 Å². The molecule has 158 valence electrons. The van der Waals surface area contributed by atoms with Crippen LogP contribution in [0.15, 0.2) is 55.0 Å². The molecule has 0 bridgehead atoms. The van der Waals surface area contributed by atoms with E-state index >= 15 is 0 Å². The Morgan fingerprint density at radius 3 is 2.81 bits per heavy atom. The first-order valence-electron chi connectivity index (χ1n) is 10.3. The molecule has 0 spiro atoms. The van der Waals surface area contributed by atoms with Crippen LogP contribution in [0.5, 0.6) is 5.75 Å². The topological polar surface area (TPSA) is 86.3 Å². The normalized spacial score (nSPS) is 17.3. The number of amides is 1. The summed E-state index contributed by atoms with van der Waals surface area (Å²) in [5, 5.41) is 12.2. The van der Waals surface area contributed by atoms with Gasteiger partial charge in [0.1, 0.15) is 5.75 Å². The minimum atomic E-state index is -0.212. The van der Waals surface area contributed by atoms with Crippen molar-refractivity contribution in [3.05, 3.63) is 71.9 Å². The van der Waals surface area contributed by atoms with Crippen LogP contribution < -0.4 is 10.1 Å². The van der Waals surface area contributed by atoms with E-state index in [1.807, 2.05) is 35.1 Å². The monoisotopic (exact) mass is 416 g/mol. The van der Waals surface area contributed by atoms with Gasteiger partial charge in [0.05, 0.1) is 30.7 Å². The van der Waals surface area contributed by atoms with Crippen molar-refractivity contribution in [1.29, 1.82) is 0 Å². The van der Waals surface area contributed by atoms with Crippen molar-refractivity contribution in [2.24, 2.45) is 5.41 Å². The van der Waals surface area contributed by atoms with Gasteiger partial charge in [-0.2, -0.15) is 10.2 Å². The number of methoxy groups -OCH3 is 1. The number of hydrogen-bond donors (Lipinski definition) is 1. The highest BCUT2D eigenvalue weighted by molar-refractivity contribution is 5.93. The first kappa shape index (κ1) is 19.3. The molecule has 1 atom stereocenters. The maximum Gasteiger partial charge on any atom is 0.272 e. The van der Waals surface area contributed by atoms with Crippen LogP contribution in [0, 0.1) is 5.41 Å². The van der Waals surface area contributed by atoms with Crippen LogP contribution in [0.25, 0.3) is 11.3 Å². The molecule has 1 aromatic carbocycles. The van der Waals surface area contributed by atoms with Gasteiger partial charge in [-0.15, -0.1) is 0 Å². The van der Waals surface area contributed by atoms with E-state index in [4.69, 9.17) is 4.74 Å². The summed E-state index contributed by atoms with van der Waals surface area (Å²) in [7, 11) is 1.65. The molecule has 5 rings (SSSR count). The molecule has 31 heavy (non-hydrogen) atoms. The summed E-state index contributed by atoms with van der Waals surface area (Å²) >= 11 is 0. The zero-order valence-electron chi connectivity index (χ0n) is 17.7. The maximum atomic E-state index is 13.0. The quantitative estimate of drug-likeness (QED) is 0.551. The number of aromatic nitrogens is 5. The fourth-order valence-electron chi connectivity index (χ4n) is 4.29. The largest absolute Gasteiger partial charge is 0.497 e. The number of rotatable bonds is 4. The molecule has 8 heteroatoms. The predicted molar refractivity (Wildman–Crippen MR) is 115 cm³/mol. The summed E-state index contributed by atoms with van der Waals surface area (Å²) in [5.41, 5.74) is 4.14. The molecular weight excluding hydrogens is 392 g/mol. The lowest BCUT2D eigenvalue weighted by Crippen LogP contribution is -2.37. The number of carbonyl (C=O) groups is 1. The van der Waals surface area contributed by atoms with E-state index in [1.54, 1.807) is 36.2 Å². The number of benzene rings is 1. The van der Waals surface area contributed by atoms with Gasteiger partial charge in [0, 0.05) is 24.0 Å². The van der Waals surface area contributed by atoms with Crippen LogP contribution in [-0.2, 0) is 6.42 Å². The Balaban J connectivity index is 1.46. The van der Waals surface area contributed by atoms with E-state index in [-0.39, 0.29) is 17.4 Å². The third kappa shape index (κ3) is 3.54. The van der Waals surface area contributed by atoms with E-state index < -0.39 is 0 Å². The molecule has 0 saturated heterocycles. The van der Waals surface area contributed by atoms with E-state index in [2.05, 4.69) is 34.3 Å². The van der Waals surface area contributed by atoms with Crippen molar-refractivity contribution < 1.29 is 9.53 Å². The standard InChI is InChI=1S/C23H24N6O2/c1-23(2)12-19(26-22(30)18-11-21-24-9-4-10-28(21)27-18)17-14-25-29(20(17)13-23)15-5-7-16(31-3)8-6-15/h4-11,14,19H,12-13H2,1-3H3,(H,26,30). The molecule has 1 aliphatic carbocycles. The molecule has 0 fully saturated rings. The summed E-state index contributed by atoms with van der Waals surface area (Å²) in [6, 6.07) is 11.2. The minimum absolute atomic E-state index is 0.00959. The lowest BCUT2D eigenvalue weighted by Gasteiger charge is -2.35. The van der Waals surface area contributed by atoms with Gasteiger partial charge in [0.2, 0.25) is 0 Å². The van der Waals surface area contributed by atoms with Gasteiger partial charge < -0.3 is 10.1 Å². The Labute approximate surface area is 179 Å². The van der Waals surface area contributed by atoms with Gasteiger partial charge in [0.25, 0.3) is 5.91 Å². The molecule has 0 saturated carbocycles. The molecule has 4 aromatic rings. The lowest BCUT2D eigenvalue weighted by atomic mass is 9.74. The SMILES string of the molecule is COc1ccc(-n2ncc3c2CC(C)(C)CC3NC(=O)c2cc3ncccn3n2)cc1. The molecule has 1 amide bonds. The van der Waals surface area contributed by atoms with Crippen molar-refractivity contribution in [3.8, 4) is 11.4 Å². The second kappa shape index (κ2) is 7.23. The second-order valence-electron chi connectivity index (χ2n) is 8.68. The van der Waals surface area contributed by atoms with Crippen LogP contribution >= 0.6 is 0 Å². The van der Waals surface area contributed by atoms with Crippen LogP contribution in [-0.4, -0.2) is 37.4 Å². The Kier molecular flexibility index (Phi) is 4.50. The Morgan fingerprint density at radius 1 is 1.26 bits per heavy atom. The number of fused-ring (bicyclic) bond motifs is 2. The van der Waals surface area contributed by atoms with Gasteiger partial charge in [-0.3, -0.25) is 4.79 Å². The first-order valence-corrected chi connectivity index (χ1v) is 10.3. The van der Waals surface area contributed by atoms with Gasteiger partial charge in [-0.1, -0.05) is 13.8 Å². The number of carbonyl (C=O) groups excluding carboxylic acids is 1. The lowest BCUT2D eigenvalue weighted by molar-refractivity contribution is 0.0914. The molecule has 0 radical (unpaired) electrons. The van der Waals surface area contributed by atoms with E-state index in [1.165, 1.54) is 0 Å². The molecule has 1 unspecified atom stereocenters. The van der Waals surface area contributed by atoms with Crippen LogP contribution in [0.1, 0.15) is 48.1 Å². The van der Waals surface area contributed by atoms with Crippen molar-refractivity contribution in [2.45, 2.75) is 32.7 Å². The summed E-state index contributed by atoms with van der Waals surface area (Å²) in [4.78, 5) is 17.2. The molecule has 0 aliphatic heterocycles. The maximum absolute atomic E-state index is 13.0. The zero-order chi connectivity index (χ0) is 21.6. The summed E-state index contributed by atoms with van der Waals surface area (Å²) < 4.78 is 8.83. The molecule has 8 nitrogen and oxygen atoms in total. The van der Waals surface area contributed by atoms with Gasteiger partial charge in [0.15, 0.2) is 11.3 Å². The molecule has 3 heterocycles. The average Bonchev–Trinajstić information content (AvgIpc) is 3.37. The summed E-state index contributed by atoms with van der Waals surface area (Å²) in [6.45, 7) is 4.44. The van der Waals surface area contributed by atoms with Gasteiger partial charge >= 0.3 is 0 Å². The Bertz CT molecular complexity index is 1220. The summed E-state index contributed by atoms with van der Waals surface area (Å²) in [6.07, 6.45) is 7.03. The van der Waals surface area contributed by atoms with Crippen molar-refractivity contribution >= 4 is 11.6 Å². The molecular formula is C23H24N6O2. The Morgan fingerprint density at radius 2 is 2.06 bits per heavy atom. The average molecular weight is 416 g/mol. The van der Waals surface area contributed by atoms with Crippen LogP contribution in [0.3, 0.4) is 0 Å². The molecule has 1 aliphatic rings. The van der Waals surface area contributed by atoms with Crippen molar-refractivity contribution in [3.63, 3.8) is 0 Å². The number of nitrogens with zero attached hydrogens (tertiary/aromatic N) is 5. The number of ether oxygens (including phenoxy) is 1. The highest BCUT2D eigenvalue weighted by Gasteiger charge is 2.36.